The minimum atomic E-state index is -0.212. The Balaban J connectivity index is 2.78. The zero-order chi connectivity index (χ0) is 14.3. The molecule has 0 spiro atoms. The lowest BCUT2D eigenvalue weighted by molar-refractivity contribution is -0.119. The molecule has 1 aromatic carbocycles. The Hall–Kier alpha value is -1.90. The fraction of sp³-hybridized carbons (Fsp3) is 0.375. The van der Waals surface area contributed by atoms with Crippen LogP contribution in [0, 0.1) is 0 Å². The van der Waals surface area contributed by atoms with Gasteiger partial charge in [0, 0.05) is 0 Å². The van der Waals surface area contributed by atoms with E-state index in [0.29, 0.717) is 6.61 Å². The van der Waals surface area contributed by atoms with Crippen molar-refractivity contribution in [1.82, 2.24) is 0 Å². The van der Waals surface area contributed by atoms with E-state index in [4.69, 9.17) is 4.74 Å². The van der Waals surface area contributed by atoms with Gasteiger partial charge in [-0.05, 0) is 44.0 Å². The molecule has 0 fully saturated rings. The van der Waals surface area contributed by atoms with Crippen molar-refractivity contribution in [1.29, 1.82) is 0 Å². The van der Waals surface area contributed by atoms with Crippen molar-refractivity contribution in [2.75, 3.05) is 6.61 Å². The van der Waals surface area contributed by atoms with Crippen LogP contribution < -0.4 is 4.74 Å². The van der Waals surface area contributed by atoms with Crippen LogP contribution in [0.15, 0.2) is 29.8 Å². The number of ketones is 2. The van der Waals surface area contributed by atoms with Gasteiger partial charge in [-0.2, -0.15) is 0 Å². The number of allylic oxidation sites excluding steroid dienone is 1. The molecule has 0 unspecified atom stereocenters. The molecule has 1 rings (SSSR count). The molecule has 0 bridgehead atoms. The Morgan fingerprint density at radius 3 is 2.16 bits per heavy atom. The minimum Gasteiger partial charge on any atom is -0.494 e. The fourth-order valence-corrected chi connectivity index (χ4v) is 1.61. The molecule has 0 radical (unpaired) electrons. The third-order valence-electron chi connectivity index (χ3n) is 2.72. The van der Waals surface area contributed by atoms with Gasteiger partial charge in [-0.15, -0.1) is 0 Å². The summed E-state index contributed by atoms with van der Waals surface area (Å²) in [6, 6.07) is 7.37. The number of ether oxygens (including phenoxy) is 1. The maximum absolute atomic E-state index is 11.3. The summed E-state index contributed by atoms with van der Waals surface area (Å²) in [5, 5.41) is 0. The van der Waals surface area contributed by atoms with Gasteiger partial charge >= 0.3 is 0 Å². The molecule has 1 aromatic rings. The van der Waals surface area contributed by atoms with Crippen molar-refractivity contribution in [3.05, 3.63) is 35.4 Å². The number of benzene rings is 1. The highest BCUT2D eigenvalue weighted by Crippen LogP contribution is 2.15. The summed E-state index contributed by atoms with van der Waals surface area (Å²) in [4.78, 5) is 22.6. The van der Waals surface area contributed by atoms with Crippen LogP contribution in [0.25, 0.3) is 6.08 Å². The van der Waals surface area contributed by atoms with Crippen LogP contribution >= 0.6 is 0 Å². The van der Waals surface area contributed by atoms with Gasteiger partial charge < -0.3 is 4.74 Å². The molecule has 0 heterocycles. The highest BCUT2D eigenvalue weighted by Gasteiger charge is 2.09. The van der Waals surface area contributed by atoms with Gasteiger partial charge in [-0.25, -0.2) is 0 Å². The average Bonchev–Trinajstić information content (AvgIpc) is 2.37. The minimum absolute atomic E-state index is 0.212. The summed E-state index contributed by atoms with van der Waals surface area (Å²) >= 11 is 0. The molecular weight excluding hydrogens is 240 g/mol. The van der Waals surface area contributed by atoms with Crippen LogP contribution in [-0.4, -0.2) is 18.2 Å². The molecule has 3 nitrogen and oxygen atoms in total. The predicted octanol–water partition coefficient (Wildman–Crippen LogP) is 3.43. The summed E-state index contributed by atoms with van der Waals surface area (Å²) in [5.74, 6) is 0.379. The van der Waals surface area contributed by atoms with E-state index in [1.165, 1.54) is 13.8 Å². The summed E-state index contributed by atoms with van der Waals surface area (Å²) in [5.41, 5.74) is 1.04. The van der Waals surface area contributed by atoms with Crippen molar-refractivity contribution in [3.63, 3.8) is 0 Å². The molecule has 3 heteroatoms. The van der Waals surface area contributed by atoms with Crippen LogP contribution in [0.4, 0.5) is 0 Å². The topological polar surface area (TPSA) is 43.4 Å². The normalized spacial score (nSPS) is 9.84. The SMILES string of the molecule is CCCCOc1ccc(C=C(C(C)=O)C(C)=O)cc1. The maximum atomic E-state index is 11.3. The molecule has 0 saturated carbocycles. The van der Waals surface area contributed by atoms with Crippen molar-refractivity contribution >= 4 is 17.6 Å². The molecule has 0 aromatic heterocycles. The van der Waals surface area contributed by atoms with Crippen LogP contribution in [0.5, 0.6) is 5.75 Å². The number of unbranched alkanes of at least 4 members (excludes halogenated alkanes) is 1. The zero-order valence-electron chi connectivity index (χ0n) is 11.7. The van der Waals surface area contributed by atoms with E-state index in [1.54, 1.807) is 6.08 Å². The summed E-state index contributed by atoms with van der Waals surface area (Å²) < 4.78 is 5.55. The third-order valence-corrected chi connectivity index (χ3v) is 2.72. The smallest absolute Gasteiger partial charge is 0.163 e. The fourth-order valence-electron chi connectivity index (χ4n) is 1.61. The molecule has 0 N–H and O–H groups in total. The molecule has 102 valence electrons. The summed E-state index contributed by atoms with van der Waals surface area (Å²) in [6.07, 6.45) is 3.74. The maximum Gasteiger partial charge on any atom is 0.163 e. The van der Waals surface area contributed by atoms with Gasteiger partial charge in [0.05, 0.1) is 12.2 Å². The van der Waals surface area contributed by atoms with Crippen LogP contribution in [0.2, 0.25) is 0 Å². The number of rotatable bonds is 7. The van der Waals surface area contributed by atoms with Gasteiger partial charge in [0.25, 0.3) is 0 Å². The van der Waals surface area contributed by atoms with Crippen LogP contribution in [0.1, 0.15) is 39.2 Å². The van der Waals surface area contributed by atoms with E-state index >= 15 is 0 Å². The largest absolute Gasteiger partial charge is 0.494 e. The first-order valence-electron chi connectivity index (χ1n) is 6.51. The van der Waals surface area contributed by atoms with Crippen LogP contribution in [-0.2, 0) is 9.59 Å². The molecule has 19 heavy (non-hydrogen) atoms. The van der Waals surface area contributed by atoms with E-state index in [9.17, 15) is 9.59 Å². The first kappa shape index (κ1) is 15.2. The first-order chi connectivity index (χ1) is 9.04. The lowest BCUT2D eigenvalue weighted by atomic mass is 10.0. The number of carbonyl (C=O) groups excluding carboxylic acids is 2. The number of Topliss-reactive ketones (excluding diaryl/α,β-unsaturated/α-hetero) is 2. The molecule has 0 saturated heterocycles. The van der Waals surface area contributed by atoms with Gasteiger partial charge in [-0.3, -0.25) is 9.59 Å². The predicted molar refractivity (Wildman–Crippen MR) is 76.2 cm³/mol. The van der Waals surface area contributed by atoms with Crippen molar-refractivity contribution in [2.45, 2.75) is 33.6 Å². The summed E-state index contributed by atoms with van der Waals surface area (Å²) in [6.45, 7) is 5.62. The highest BCUT2D eigenvalue weighted by molar-refractivity contribution is 6.21. The monoisotopic (exact) mass is 260 g/mol. The zero-order valence-corrected chi connectivity index (χ0v) is 11.7. The van der Waals surface area contributed by atoms with Gasteiger partial charge in [0.1, 0.15) is 5.75 Å². The Morgan fingerprint density at radius 2 is 1.68 bits per heavy atom. The van der Waals surface area contributed by atoms with E-state index in [0.717, 1.165) is 24.2 Å². The number of hydrogen-bond acceptors (Lipinski definition) is 3. The van der Waals surface area contributed by atoms with Crippen molar-refractivity contribution < 1.29 is 14.3 Å². The van der Waals surface area contributed by atoms with E-state index in [1.807, 2.05) is 24.3 Å². The van der Waals surface area contributed by atoms with E-state index in [2.05, 4.69) is 6.92 Å². The lowest BCUT2D eigenvalue weighted by Crippen LogP contribution is -2.05. The van der Waals surface area contributed by atoms with Gasteiger partial charge in [-0.1, -0.05) is 25.5 Å². The Morgan fingerprint density at radius 1 is 1.11 bits per heavy atom. The molecule has 0 aliphatic carbocycles. The molecule has 0 aliphatic rings. The van der Waals surface area contributed by atoms with Crippen LogP contribution in [0.3, 0.4) is 0 Å². The summed E-state index contributed by atoms with van der Waals surface area (Å²) in [7, 11) is 0. The molecular formula is C16H20O3. The van der Waals surface area contributed by atoms with Crippen molar-refractivity contribution in [2.24, 2.45) is 0 Å². The van der Waals surface area contributed by atoms with Crippen molar-refractivity contribution in [3.8, 4) is 5.75 Å². The molecule has 0 aliphatic heterocycles. The second kappa shape index (κ2) is 7.52. The lowest BCUT2D eigenvalue weighted by Gasteiger charge is -2.05. The van der Waals surface area contributed by atoms with E-state index < -0.39 is 0 Å². The van der Waals surface area contributed by atoms with Gasteiger partial charge in [0.2, 0.25) is 0 Å². The highest BCUT2D eigenvalue weighted by atomic mass is 16.5. The standard InChI is InChI=1S/C16H20O3/c1-4-5-10-19-15-8-6-14(7-9-15)11-16(12(2)17)13(3)18/h6-9,11H,4-5,10H2,1-3H3. The first-order valence-corrected chi connectivity index (χ1v) is 6.51. The second-order valence-corrected chi connectivity index (χ2v) is 4.44. The number of hydrogen-bond donors (Lipinski definition) is 0. The quantitative estimate of drug-likeness (QED) is 0.326. The second-order valence-electron chi connectivity index (χ2n) is 4.44. The molecule has 0 amide bonds. The Labute approximate surface area is 114 Å². The molecule has 0 atom stereocenters. The number of carbonyl (C=O) groups is 2. The Kier molecular flexibility index (Phi) is 6.00. The van der Waals surface area contributed by atoms with E-state index in [-0.39, 0.29) is 17.1 Å². The average molecular weight is 260 g/mol. The Bertz CT molecular complexity index is 453. The van der Waals surface area contributed by atoms with Gasteiger partial charge in [0.15, 0.2) is 11.6 Å². The third kappa shape index (κ3) is 5.08.